The van der Waals surface area contributed by atoms with Gasteiger partial charge in [-0.3, -0.25) is 15.0 Å². The molecule has 6 nitrogen and oxygen atoms in total. The van der Waals surface area contributed by atoms with Gasteiger partial charge in [0, 0.05) is 5.75 Å². The van der Waals surface area contributed by atoms with Gasteiger partial charge in [0.1, 0.15) is 5.04 Å². The number of hydrogen-bond acceptors (Lipinski definition) is 5. The molecule has 2 aliphatic rings. The first-order valence-electron chi connectivity index (χ1n) is 3.83. The molecule has 0 radical (unpaired) electrons. The first kappa shape index (κ1) is 10.4. The number of carbonyl (C=O) groups is 2. The predicted molar refractivity (Wildman–Crippen MR) is 56.4 cm³/mol. The number of nitrogens with two attached hydrogens (primary N) is 1. The van der Waals surface area contributed by atoms with Crippen LogP contribution in [0.4, 0.5) is 0 Å². The molecule has 3 N–H and O–H groups in total. The lowest BCUT2D eigenvalue weighted by atomic mass is 10.2. The highest BCUT2D eigenvalue weighted by atomic mass is 32.2. The maximum Gasteiger partial charge on any atom is 0.257 e. The zero-order chi connectivity index (χ0) is 11.4. The number of allylic oxidation sites excluding steroid dienone is 1. The van der Waals surface area contributed by atoms with Crippen molar-refractivity contribution in [3.05, 3.63) is 11.0 Å². The Balaban J connectivity index is 2.63. The number of primary sulfonamides is 1. The summed E-state index contributed by atoms with van der Waals surface area (Å²) in [6.07, 6.45) is 1.30. The third kappa shape index (κ3) is 1.33. The summed E-state index contributed by atoms with van der Waals surface area (Å²) in [7, 11) is -4.98. The average molecular weight is 246 g/mol. The number of sulfonamides is 1. The fraction of sp³-hybridized carbons (Fsp3) is 0.143. The summed E-state index contributed by atoms with van der Waals surface area (Å²) < 4.78 is 22.2. The lowest BCUT2D eigenvalue weighted by Crippen LogP contribution is -2.27. The number of carbonyl (C=O) groups excluding carboxylic acids is 2. The van der Waals surface area contributed by atoms with E-state index in [9.17, 15) is 18.0 Å². The van der Waals surface area contributed by atoms with Crippen molar-refractivity contribution >= 4 is 42.0 Å². The maximum absolute atomic E-state index is 11.4. The predicted octanol–water partition coefficient (Wildman–Crippen LogP) is -1.26. The van der Waals surface area contributed by atoms with E-state index in [-0.39, 0.29) is 20.6 Å². The normalized spacial score (nSPS) is 25.9. The molecule has 2 rings (SSSR count). The van der Waals surface area contributed by atoms with E-state index in [2.05, 4.69) is 0 Å². The van der Waals surface area contributed by atoms with E-state index in [0.29, 0.717) is 0 Å². The molecule has 0 bridgehead atoms. The van der Waals surface area contributed by atoms with Gasteiger partial charge in [-0.1, -0.05) is 6.08 Å². The Bertz CT molecular complexity index is 582. The molecule has 0 aromatic carbocycles. The molecule has 0 aromatic heterocycles. The second-order valence-corrected chi connectivity index (χ2v) is 6.45. The minimum atomic E-state index is -3.98. The molecule has 8 heteroatoms. The van der Waals surface area contributed by atoms with Gasteiger partial charge in [-0.2, -0.15) is 0 Å². The number of hydrogen-bond donors (Lipinski definition) is 2. The van der Waals surface area contributed by atoms with Gasteiger partial charge in [-0.05, 0) is 0 Å². The summed E-state index contributed by atoms with van der Waals surface area (Å²) >= 11 is 0. The summed E-state index contributed by atoms with van der Waals surface area (Å²) in [5.74, 6) is -1.61. The molecule has 2 aliphatic heterocycles. The van der Waals surface area contributed by atoms with E-state index in [1.165, 1.54) is 6.08 Å². The maximum atomic E-state index is 11.4. The van der Waals surface area contributed by atoms with Gasteiger partial charge >= 0.3 is 0 Å². The Kier molecular flexibility index (Phi) is 2.04. The van der Waals surface area contributed by atoms with Crippen molar-refractivity contribution < 1.29 is 18.0 Å². The summed E-state index contributed by atoms with van der Waals surface area (Å²) in [6.45, 7) is 0. The molecule has 0 fully saturated rings. The molecule has 80 valence electrons. The highest BCUT2D eigenvalue weighted by molar-refractivity contribution is 8.33. The van der Waals surface area contributed by atoms with Crippen LogP contribution in [0.3, 0.4) is 0 Å². The van der Waals surface area contributed by atoms with Crippen molar-refractivity contribution in [2.24, 2.45) is 5.14 Å². The van der Waals surface area contributed by atoms with Crippen LogP contribution in [0.1, 0.15) is 0 Å². The highest BCUT2D eigenvalue weighted by Crippen LogP contribution is 2.34. The minimum absolute atomic E-state index is 0.104. The number of ketones is 2. The van der Waals surface area contributed by atoms with Crippen LogP contribution in [0, 0.1) is 5.41 Å². The summed E-state index contributed by atoms with van der Waals surface area (Å²) in [4.78, 5) is 22.1. The average Bonchev–Trinajstić information content (AvgIpc) is 2.63. The van der Waals surface area contributed by atoms with Crippen LogP contribution in [0.5, 0.6) is 0 Å². The number of Topliss-reactive ketones (excluding diaryl/α,β-unsaturated/α-hetero) is 2. The Labute approximate surface area is 87.6 Å². The van der Waals surface area contributed by atoms with Crippen molar-refractivity contribution in [3.8, 4) is 0 Å². The van der Waals surface area contributed by atoms with Crippen molar-refractivity contribution in [1.82, 2.24) is 0 Å². The van der Waals surface area contributed by atoms with Gasteiger partial charge in [-0.15, -0.1) is 10.5 Å². The fourth-order valence-corrected chi connectivity index (χ4v) is 4.68. The van der Waals surface area contributed by atoms with Crippen LogP contribution in [0.2, 0.25) is 0 Å². The van der Waals surface area contributed by atoms with E-state index in [0.717, 1.165) is 0 Å². The van der Waals surface area contributed by atoms with E-state index >= 15 is 0 Å². The Morgan fingerprint density at radius 2 is 1.93 bits per heavy atom. The van der Waals surface area contributed by atoms with E-state index in [4.69, 9.17) is 10.5 Å². The second kappa shape index (κ2) is 2.94. The van der Waals surface area contributed by atoms with Gasteiger partial charge < -0.3 is 0 Å². The molecule has 0 spiro atoms. The molecule has 0 saturated heterocycles. The third-order valence-corrected chi connectivity index (χ3v) is 5.27. The van der Waals surface area contributed by atoms with E-state index in [1.54, 1.807) is 0 Å². The molecule has 0 aromatic rings. The first-order valence-corrected chi connectivity index (χ1v) is 6.77. The first-order chi connectivity index (χ1) is 6.84. The van der Waals surface area contributed by atoms with Gasteiger partial charge in [0.2, 0.25) is 15.8 Å². The van der Waals surface area contributed by atoms with Crippen LogP contribution in [0.15, 0.2) is 11.0 Å². The Morgan fingerprint density at radius 1 is 1.33 bits per heavy atom. The topological polar surface area (TPSA) is 118 Å². The molecule has 1 unspecified atom stereocenters. The molecule has 0 saturated carbocycles. The third-order valence-electron chi connectivity index (χ3n) is 2.08. The van der Waals surface area contributed by atoms with Gasteiger partial charge in [0.15, 0.2) is 0 Å². The quantitative estimate of drug-likeness (QED) is 0.443. The van der Waals surface area contributed by atoms with Crippen molar-refractivity contribution in [2.75, 3.05) is 5.75 Å². The lowest BCUT2D eigenvalue weighted by Gasteiger charge is -1.99. The fourth-order valence-electron chi connectivity index (χ4n) is 1.43. The smallest absolute Gasteiger partial charge is 0.257 e. The van der Waals surface area contributed by atoms with Crippen LogP contribution in [-0.2, 0) is 19.6 Å². The highest BCUT2D eigenvalue weighted by Gasteiger charge is 2.42. The zero-order valence-electron chi connectivity index (χ0n) is 7.31. The molecular weight excluding hydrogens is 240 g/mol. The van der Waals surface area contributed by atoms with Crippen molar-refractivity contribution in [2.45, 2.75) is 0 Å². The number of nitrogens with one attached hydrogen (secondary N) is 1. The van der Waals surface area contributed by atoms with E-state index < -0.39 is 32.1 Å². The SMILES string of the molecule is N=C1C(=O)C(=O)C2=S1CC=C2S(N)(=O)=O. The molecule has 1 atom stereocenters. The van der Waals surface area contributed by atoms with E-state index in [1.807, 2.05) is 0 Å². The summed E-state index contributed by atoms with van der Waals surface area (Å²) in [6, 6.07) is 0. The standard InChI is InChI=1S/C7H6N2O4S2/c8-7-5(11)4(10)6-3(15(9,12)13)1-2-14(6)7/h1,8H,2H2,(H2,9,12,13). The summed E-state index contributed by atoms with van der Waals surface area (Å²) in [5.41, 5.74) is 0. The van der Waals surface area contributed by atoms with Gasteiger partial charge in [-0.25, -0.2) is 13.6 Å². The summed E-state index contributed by atoms with van der Waals surface area (Å²) in [5, 5.41) is 11.9. The monoisotopic (exact) mass is 246 g/mol. The second-order valence-electron chi connectivity index (χ2n) is 2.99. The van der Waals surface area contributed by atoms with Crippen molar-refractivity contribution in [1.29, 1.82) is 5.41 Å². The van der Waals surface area contributed by atoms with Gasteiger partial charge in [0.05, 0.1) is 9.77 Å². The van der Waals surface area contributed by atoms with Crippen LogP contribution >= 0.6 is 10.5 Å². The van der Waals surface area contributed by atoms with Crippen LogP contribution in [0.25, 0.3) is 0 Å². The molecule has 0 amide bonds. The van der Waals surface area contributed by atoms with Gasteiger partial charge in [0.25, 0.3) is 5.78 Å². The molecule has 2 heterocycles. The molecule has 15 heavy (non-hydrogen) atoms. The number of rotatable bonds is 1. The minimum Gasteiger partial charge on any atom is -0.291 e. The Morgan fingerprint density at radius 3 is 2.47 bits per heavy atom. The van der Waals surface area contributed by atoms with Crippen molar-refractivity contribution in [3.63, 3.8) is 0 Å². The molecular formula is C7H6N2O4S2. The Hall–Kier alpha value is -1.12. The zero-order valence-corrected chi connectivity index (χ0v) is 8.94. The lowest BCUT2D eigenvalue weighted by molar-refractivity contribution is -0.128. The van der Waals surface area contributed by atoms with Crippen LogP contribution < -0.4 is 5.14 Å². The molecule has 0 aliphatic carbocycles. The largest absolute Gasteiger partial charge is 0.291 e. The van der Waals surface area contributed by atoms with Crippen LogP contribution in [-0.4, -0.2) is 35.6 Å².